The molecule has 0 spiro atoms. The van der Waals surface area contributed by atoms with Gasteiger partial charge in [-0.15, -0.1) is 0 Å². The fourth-order valence-corrected chi connectivity index (χ4v) is 6.72. The maximum Gasteiger partial charge on any atom is 0.264 e. The van der Waals surface area contributed by atoms with Crippen LogP contribution in [0, 0.1) is 6.92 Å². The van der Waals surface area contributed by atoms with Crippen LogP contribution in [0.4, 0.5) is 5.69 Å². The minimum Gasteiger partial charge on any atom is -0.493 e. The number of methoxy groups -OCH3 is 2. The van der Waals surface area contributed by atoms with Crippen LogP contribution in [0.1, 0.15) is 36.5 Å². The summed E-state index contributed by atoms with van der Waals surface area (Å²) in [7, 11) is -1.30. The van der Waals surface area contributed by atoms with E-state index >= 15 is 0 Å². The number of anilines is 1. The standard InChI is InChI=1S/C37H43N3O6S/c1-5-6-22-38-37(42)33(24-29-15-9-7-10-16-29)39(26-30-17-13-14-28(2)23-30)36(41)27-40(47(43,44)32-18-11-8-12-19-32)31-20-21-34(45-3)35(25-31)46-4/h7-21,23,25,33H,5-6,22,24,26-27H2,1-4H3,(H,38,42)/t33-/m1/s1. The Kier molecular flexibility index (Phi) is 12.4. The first-order valence-corrected chi connectivity index (χ1v) is 17.1. The maximum absolute atomic E-state index is 14.6. The minimum atomic E-state index is -4.24. The van der Waals surface area contributed by atoms with Crippen LogP contribution in [0.15, 0.2) is 108 Å². The maximum atomic E-state index is 14.6. The van der Waals surface area contributed by atoms with E-state index in [1.54, 1.807) is 30.3 Å². The highest BCUT2D eigenvalue weighted by molar-refractivity contribution is 7.92. The van der Waals surface area contributed by atoms with E-state index < -0.39 is 28.5 Å². The molecule has 47 heavy (non-hydrogen) atoms. The van der Waals surface area contributed by atoms with E-state index in [4.69, 9.17) is 9.47 Å². The third kappa shape index (κ3) is 9.13. The summed E-state index contributed by atoms with van der Waals surface area (Å²) in [4.78, 5) is 30.0. The molecule has 0 saturated carbocycles. The quantitative estimate of drug-likeness (QED) is 0.154. The molecule has 4 rings (SSSR count). The number of rotatable bonds is 16. The van der Waals surface area contributed by atoms with Crippen LogP contribution in [0.2, 0.25) is 0 Å². The number of nitrogens with zero attached hydrogens (tertiary/aromatic N) is 2. The van der Waals surface area contributed by atoms with Crippen LogP contribution < -0.4 is 19.1 Å². The highest BCUT2D eigenvalue weighted by atomic mass is 32.2. The Balaban J connectivity index is 1.82. The molecule has 248 valence electrons. The van der Waals surface area contributed by atoms with Gasteiger partial charge < -0.3 is 19.7 Å². The third-order valence-electron chi connectivity index (χ3n) is 7.80. The van der Waals surface area contributed by atoms with E-state index in [2.05, 4.69) is 5.32 Å². The summed E-state index contributed by atoms with van der Waals surface area (Å²) < 4.78 is 40.4. The molecular weight excluding hydrogens is 614 g/mol. The Morgan fingerprint density at radius 2 is 1.47 bits per heavy atom. The minimum absolute atomic E-state index is 0.0194. The molecule has 2 amide bonds. The molecule has 1 N–H and O–H groups in total. The number of nitrogens with one attached hydrogen (secondary N) is 1. The average molecular weight is 658 g/mol. The molecule has 0 aliphatic carbocycles. The van der Waals surface area contributed by atoms with Crippen molar-refractivity contribution in [3.63, 3.8) is 0 Å². The van der Waals surface area contributed by atoms with Crippen molar-refractivity contribution in [3.8, 4) is 11.5 Å². The number of hydrogen-bond donors (Lipinski definition) is 1. The summed E-state index contributed by atoms with van der Waals surface area (Å²) in [6, 6.07) is 28.9. The lowest BCUT2D eigenvalue weighted by molar-refractivity contribution is -0.140. The molecule has 4 aromatic rings. The van der Waals surface area contributed by atoms with E-state index in [9.17, 15) is 18.0 Å². The highest BCUT2D eigenvalue weighted by Gasteiger charge is 2.35. The molecule has 10 heteroatoms. The van der Waals surface area contributed by atoms with Crippen molar-refractivity contribution in [2.45, 2.75) is 50.6 Å². The number of carbonyl (C=O) groups is 2. The Labute approximate surface area is 278 Å². The Hall–Kier alpha value is -4.83. The van der Waals surface area contributed by atoms with Crippen molar-refractivity contribution < 1.29 is 27.5 Å². The van der Waals surface area contributed by atoms with Gasteiger partial charge in [0.25, 0.3) is 10.0 Å². The van der Waals surface area contributed by atoms with Crippen molar-refractivity contribution in [1.82, 2.24) is 10.2 Å². The zero-order valence-corrected chi connectivity index (χ0v) is 28.2. The summed E-state index contributed by atoms with van der Waals surface area (Å²) in [6.45, 7) is 4.00. The molecule has 0 saturated heterocycles. The molecule has 0 bridgehead atoms. The van der Waals surface area contributed by atoms with Gasteiger partial charge in [-0.2, -0.15) is 0 Å². The SMILES string of the molecule is CCCCNC(=O)[C@@H](Cc1ccccc1)N(Cc1cccc(C)c1)C(=O)CN(c1ccc(OC)c(OC)c1)S(=O)(=O)c1ccccc1. The van der Waals surface area contributed by atoms with E-state index in [1.807, 2.05) is 68.4 Å². The second-order valence-electron chi connectivity index (χ2n) is 11.2. The van der Waals surface area contributed by atoms with Crippen LogP contribution >= 0.6 is 0 Å². The van der Waals surface area contributed by atoms with Crippen molar-refractivity contribution >= 4 is 27.5 Å². The second-order valence-corrected chi connectivity index (χ2v) is 13.1. The number of sulfonamides is 1. The monoisotopic (exact) mass is 657 g/mol. The van der Waals surface area contributed by atoms with Gasteiger partial charge in [-0.1, -0.05) is 91.7 Å². The van der Waals surface area contributed by atoms with Gasteiger partial charge >= 0.3 is 0 Å². The van der Waals surface area contributed by atoms with Gasteiger partial charge in [-0.05, 0) is 48.7 Å². The lowest BCUT2D eigenvalue weighted by atomic mass is 10.0. The number of hydrogen-bond acceptors (Lipinski definition) is 6. The third-order valence-corrected chi connectivity index (χ3v) is 9.59. The van der Waals surface area contributed by atoms with Gasteiger partial charge in [-0.3, -0.25) is 13.9 Å². The molecule has 0 fully saturated rings. The largest absolute Gasteiger partial charge is 0.493 e. The second kappa shape index (κ2) is 16.6. The van der Waals surface area contributed by atoms with E-state index in [-0.39, 0.29) is 29.5 Å². The van der Waals surface area contributed by atoms with Gasteiger partial charge in [0.1, 0.15) is 12.6 Å². The van der Waals surface area contributed by atoms with Crippen LogP contribution in [0.3, 0.4) is 0 Å². The lowest BCUT2D eigenvalue weighted by Gasteiger charge is -2.34. The smallest absolute Gasteiger partial charge is 0.264 e. The molecule has 1 atom stereocenters. The number of unbranched alkanes of at least 4 members (excludes halogenated alkanes) is 1. The molecule has 0 aliphatic rings. The summed E-state index contributed by atoms with van der Waals surface area (Å²) >= 11 is 0. The molecular formula is C37H43N3O6S. The predicted molar refractivity (Wildman–Crippen MR) is 184 cm³/mol. The fraction of sp³-hybridized carbons (Fsp3) is 0.297. The summed E-state index contributed by atoms with van der Waals surface area (Å²) in [5.74, 6) is -0.119. The lowest BCUT2D eigenvalue weighted by Crippen LogP contribution is -2.53. The normalized spacial score (nSPS) is 11.7. The average Bonchev–Trinajstić information content (AvgIpc) is 3.09. The van der Waals surface area contributed by atoms with Gasteiger partial charge in [-0.25, -0.2) is 8.42 Å². The Morgan fingerprint density at radius 3 is 2.11 bits per heavy atom. The molecule has 0 unspecified atom stereocenters. The van der Waals surface area contributed by atoms with Gasteiger partial charge in [0.15, 0.2) is 11.5 Å². The Bertz CT molecular complexity index is 1730. The van der Waals surface area contributed by atoms with Crippen LogP contribution in [-0.2, 0) is 32.6 Å². The van der Waals surface area contributed by atoms with E-state index in [0.29, 0.717) is 18.0 Å². The first-order chi connectivity index (χ1) is 22.7. The van der Waals surface area contributed by atoms with E-state index in [0.717, 1.165) is 33.8 Å². The molecule has 4 aromatic carbocycles. The van der Waals surface area contributed by atoms with E-state index in [1.165, 1.54) is 37.3 Å². The van der Waals surface area contributed by atoms with Crippen LogP contribution in [0.5, 0.6) is 11.5 Å². The summed E-state index contributed by atoms with van der Waals surface area (Å²) in [5, 5.41) is 3.01. The molecule has 0 radical (unpaired) electrons. The van der Waals surface area contributed by atoms with Crippen molar-refractivity contribution in [3.05, 3.63) is 120 Å². The molecule has 0 heterocycles. The van der Waals surface area contributed by atoms with Gasteiger partial charge in [0, 0.05) is 25.6 Å². The summed E-state index contributed by atoms with van der Waals surface area (Å²) in [6.07, 6.45) is 1.93. The first-order valence-electron chi connectivity index (χ1n) is 15.6. The first kappa shape index (κ1) is 35.0. The summed E-state index contributed by atoms with van der Waals surface area (Å²) in [5.41, 5.74) is 2.91. The van der Waals surface area contributed by atoms with Gasteiger partial charge in [0.05, 0.1) is 24.8 Å². The fourth-order valence-electron chi connectivity index (χ4n) is 5.30. The van der Waals surface area contributed by atoms with Crippen molar-refractivity contribution in [1.29, 1.82) is 0 Å². The topological polar surface area (TPSA) is 105 Å². The zero-order chi connectivity index (χ0) is 33.8. The van der Waals surface area contributed by atoms with Gasteiger partial charge in [0.2, 0.25) is 11.8 Å². The van der Waals surface area contributed by atoms with Crippen molar-refractivity contribution in [2.24, 2.45) is 0 Å². The number of amides is 2. The van der Waals surface area contributed by atoms with Crippen LogP contribution in [-0.4, -0.2) is 58.5 Å². The van der Waals surface area contributed by atoms with Crippen molar-refractivity contribution in [2.75, 3.05) is 31.6 Å². The number of aryl methyl sites for hydroxylation is 1. The number of ether oxygens (including phenoxy) is 2. The predicted octanol–water partition coefficient (Wildman–Crippen LogP) is 5.76. The molecule has 9 nitrogen and oxygen atoms in total. The number of benzene rings is 4. The Morgan fingerprint density at radius 1 is 0.809 bits per heavy atom. The molecule has 0 aromatic heterocycles. The van der Waals surface area contributed by atoms with Crippen LogP contribution in [0.25, 0.3) is 0 Å². The highest BCUT2D eigenvalue weighted by Crippen LogP contribution is 2.34. The molecule has 0 aliphatic heterocycles. The number of carbonyl (C=O) groups excluding carboxylic acids is 2. The zero-order valence-electron chi connectivity index (χ0n) is 27.4.